The van der Waals surface area contributed by atoms with Gasteiger partial charge < -0.3 is 4.74 Å². The number of sulfonamides is 1. The Kier molecular flexibility index (Phi) is 5.86. The zero-order valence-electron chi connectivity index (χ0n) is 14.8. The van der Waals surface area contributed by atoms with Gasteiger partial charge in [0.2, 0.25) is 0 Å². The highest BCUT2D eigenvalue weighted by Gasteiger charge is 2.28. The summed E-state index contributed by atoms with van der Waals surface area (Å²) in [5.41, 5.74) is 0.486. The van der Waals surface area contributed by atoms with E-state index in [1.54, 1.807) is 24.3 Å². The van der Waals surface area contributed by atoms with Crippen molar-refractivity contribution in [2.75, 3.05) is 11.4 Å². The lowest BCUT2D eigenvalue weighted by Crippen LogP contribution is -2.31. The number of nitrogens with zero attached hydrogens (tertiary/aromatic N) is 1. The van der Waals surface area contributed by atoms with Crippen LogP contribution >= 0.6 is 11.6 Å². The summed E-state index contributed by atoms with van der Waals surface area (Å²) in [5.74, 6) is -0.838. The second kappa shape index (κ2) is 8.16. The van der Waals surface area contributed by atoms with E-state index in [2.05, 4.69) is 0 Å². The van der Waals surface area contributed by atoms with Crippen LogP contribution in [0.5, 0.6) is 5.75 Å². The van der Waals surface area contributed by atoms with Crippen LogP contribution in [0.3, 0.4) is 0 Å². The van der Waals surface area contributed by atoms with Gasteiger partial charge in [0, 0.05) is 0 Å². The molecule has 28 heavy (non-hydrogen) atoms. The number of para-hydroxylation sites is 1. The topological polar surface area (TPSA) is 46.6 Å². The lowest BCUT2D eigenvalue weighted by molar-refractivity contribution is 0.414. The van der Waals surface area contributed by atoms with Gasteiger partial charge in [0.15, 0.2) is 0 Å². The van der Waals surface area contributed by atoms with Crippen LogP contribution in [0.25, 0.3) is 0 Å². The van der Waals surface area contributed by atoms with E-state index in [1.807, 2.05) is 0 Å². The Morgan fingerprint density at radius 2 is 1.64 bits per heavy atom. The van der Waals surface area contributed by atoms with Gasteiger partial charge in [0.05, 0.1) is 29.3 Å². The first-order valence-corrected chi connectivity index (χ1v) is 10.00. The van der Waals surface area contributed by atoms with Gasteiger partial charge in [-0.05, 0) is 48.0 Å². The molecule has 0 amide bonds. The molecular formula is C20H16ClF2NO3S. The van der Waals surface area contributed by atoms with Crippen molar-refractivity contribution in [1.82, 2.24) is 0 Å². The van der Waals surface area contributed by atoms with Gasteiger partial charge in [-0.1, -0.05) is 35.9 Å². The fourth-order valence-electron chi connectivity index (χ4n) is 2.61. The highest BCUT2D eigenvalue weighted by Crippen LogP contribution is 2.30. The van der Waals surface area contributed by atoms with Crippen LogP contribution in [0.1, 0.15) is 5.56 Å². The largest absolute Gasteiger partial charge is 0.497 e. The zero-order chi connectivity index (χ0) is 20.3. The first-order valence-electron chi connectivity index (χ1n) is 8.18. The molecule has 0 atom stereocenters. The predicted octanol–water partition coefficient (Wildman–Crippen LogP) is 5.02. The van der Waals surface area contributed by atoms with Crippen molar-refractivity contribution in [3.8, 4) is 5.75 Å². The first-order chi connectivity index (χ1) is 13.3. The summed E-state index contributed by atoms with van der Waals surface area (Å²) in [6.07, 6.45) is 0. The summed E-state index contributed by atoms with van der Waals surface area (Å²) in [5, 5.41) is -0.334. The number of benzene rings is 3. The molecule has 146 valence electrons. The van der Waals surface area contributed by atoms with Crippen LogP contribution in [0.4, 0.5) is 14.5 Å². The Balaban J connectivity index is 2.09. The van der Waals surface area contributed by atoms with Gasteiger partial charge in [-0.3, -0.25) is 4.31 Å². The van der Waals surface area contributed by atoms with E-state index in [0.29, 0.717) is 11.3 Å². The summed E-state index contributed by atoms with van der Waals surface area (Å²) in [4.78, 5) is -0.240. The standard InChI is InChI=1S/C20H16ClF2NO3S/c1-27-15-8-6-14(7-9-15)13-24(20-5-3-2-4-19(20)23)28(25,26)16-10-11-18(22)17(21)12-16/h2-12H,13H2,1H3. The van der Waals surface area contributed by atoms with Crippen molar-refractivity contribution < 1.29 is 21.9 Å². The first kappa shape index (κ1) is 20.1. The van der Waals surface area contributed by atoms with Crippen LogP contribution in [-0.4, -0.2) is 15.5 Å². The molecule has 8 heteroatoms. The van der Waals surface area contributed by atoms with Crippen LogP contribution in [0.2, 0.25) is 5.02 Å². The number of hydrogen-bond acceptors (Lipinski definition) is 3. The average Bonchev–Trinajstić information content (AvgIpc) is 2.69. The fraction of sp³-hybridized carbons (Fsp3) is 0.100. The molecule has 3 aromatic carbocycles. The monoisotopic (exact) mass is 423 g/mol. The molecule has 0 saturated carbocycles. The number of methoxy groups -OCH3 is 1. The maximum absolute atomic E-state index is 14.4. The summed E-state index contributed by atoms with van der Waals surface area (Å²) in [6.45, 7) is -0.137. The smallest absolute Gasteiger partial charge is 0.264 e. The second-order valence-electron chi connectivity index (χ2n) is 5.89. The van der Waals surface area contributed by atoms with Crippen molar-refractivity contribution >= 4 is 27.3 Å². The average molecular weight is 424 g/mol. The van der Waals surface area contributed by atoms with E-state index < -0.39 is 21.7 Å². The molecule has 0 aromatic heterocycles. The Hall–Kier alpha value is -2.64. The van der Waals surface area contributed by atoms with Crippen molar-refractivity contribution in [2.45, 2.75) is 11.4 Å². The van der Waals surface area contributed by atoms with E-state index in [-0.39, 0.29) is 22.2 Å². The molecule has 0 aliphatic rings. The van der Waals surface area contributed by atoms with Crippen molar-refractivity contribution in [3.63, 3.8) is 0 Å². The number of halogens is 3. The lowest BCUT2D eigenvalue weighted by Gasteiger charge is -2.25. The van der Waals surface area contributed by atoms with E-state index in [1.165, 1.54) is 31.4 Å². The van der Waals surface area contributed by atoms with Gasteiger partial charge in [0.25, 0.3) is 10.0 Å². The van der Waals surface area contributed by atoms with Crippen LogP contribution < -0.4 is 9.04 Å². The summed E-state index contributed by atoms with van der Waals surface area (Å²) in [7, 11) is -2.70. The highest BCUT2D eigenvalue weighted by molar-refractivity contribution is 7.92. The van der Waals surface area contributed by atoms with Crippen LogP contribution in [-0.2, 0) is 16.6 Å². The van der Waals surface area contributed by atoms with Gasteiger partial charge in [-0.2, -0.15) is 0 Å². The number of hydrogen-bond donors (Lipinski definition) is 0. The van der Waals surface area contributed by atoms with Gasteiger partial charge in [-0.15, -0.1) is 0 Å². The molecule has 0 fully saturated rings. The normalized spacial score (nSPS) is 11.3. The van der Waals surface area contributed by atoms with Crippen molar-refractivity contribution in [2.24, 2.45) is 0 Å². The molecule has 4 nitrogen and oxygen atoms in total. The molecule has 0 aliphatic heterocycles. The zero-order valence-corrected chi connectivity index (χ0v) is 16.3. The quantitative estimate of drug-likeness (QED) is 0.559. The Morgan fingerprint density at radius 3 is 2.25 bits per heavy atom. The Morgan fingerprint density at radius 1 is 0.964 bits per heavy atom. The minimum atomic E-state index is -4.22. The Labute approximate surface area is 167 Å². The molecule has 0 spiro atoms. The number of rotatable bonds is 6. The molecule has 0 bridgehead atoms. The molecule has 0 radical (unpaired) electrons. The summed E-state index contributed by atoms with van der Waals surface area (Å²) in [6, 6.07) is 15.3. The third-order valence-corrected chi connectivity index (χ3v) is 6.13. The molecule has 0 aliphatic carbocycles. The SMILES string of the molecule is COc1ccc(CN(c2ccccc2F)S(=O)(=O)c2ccc(F)c(Cl)c2)cc1. The maximum Gasteiger partial charge on any atom is 0.264 e. The third kappa shape index (κ3) is 4.10. The molecule has 3 rings (SSSR count). The van der Waals surface area contributed by atoms with Crippen molar-refractivity contribution in [1.29, 1.82) is 0 Å². The molecular weight excluding hydrogens is 408 g/mol. The van der Waals surface area contributed by atoms with Crippen LogP contribution in [0, 0.1) is 11.6 Å². The lowest BCUT2D eigenvalue weighted by atomic mass is 10.2. The molecule has 0 N–H and O–H groups in total. The van der Waals surface area contributed by atoms with E-state index >= 15 is 0 Å². The Bertz CT molecular complexity index is 1090. The number of ether oxygens (including phenoxy) is 1. The van der Waals surface area contributed by atoms with Crippen molar-refractivity contribution in [3.05, 3.63) is 89.0 Å². The highest BCUT2D eigenvalue weighted by atomic mass is 35.5. The van der Waals surface area contributed by atoms with E-state index in [9.17, 15) is 17.2 Å². The molecule has 3 aromatic rings. The van der Waals surface area contributed by atoms with Gasteiger partial charge in [0.1, 0.15) is 17.4 Å². The number of anilines is 1. The molecule has 0 unspecified atom stereocenters. The van der Waals surface area contributed by atoms with Crippen LogP contribution in [0.15, 0.2) is 71.6 Å². The maximum atomic E-state index is 14.4. The summed E-state index contributed by atoms with van der Waals surface area (Å²) >= 11 is 5.75. The minimum absolute atomic E-state index is 0.126. The van der Waals surface area contributed by atoms with Gasteiger partial charge in [-0.25, -0.2) is 17.2 Å². The minimum Gasteiger partial charge on any atom is -0.497 e. The fourth-order valence-corrected chi connectivity index (χ4v) is 4.35. The predicted molar refractivity (Wildman–Crippen MR) is 104 cm³/mol. The molecule has 0 saturated heterocycles. The summed E-state index contributed by atoms with van der Waals surface area (Å²) < 4.78 is 60.4. The second-order valence-corrected chi connectivity index (χ2v) is 8.16. The van der Waals surface area contributed by atoms with E-state index in [4.69, 9.17) is 16.3 Å². The van der Waals surface area contributed by atoms with Gasteiger partial charge >= 0.3 is 0 Å². The van der Waals surface area contributed by atoms with E-state index in [0.717, 1.165) is 22.5 Å². The third-order valence-electron chi connectivity index (χ3n) is 4.09. The molecule has 0 heterocycles.